The highest BCUT2D eigenvalue weighted by Crippen LogP contribution is 2.12. The van der Waals surface area contributed by atoms with E-state index in [2.05, 4.69) is 15.3 Å². The minimum absolute atomic E-state index is 0.458. The van der Waals surface area contributed by atoms with E-state index >= 15 is 0 Å². The van der Waals surface area contributed by atoms with Gasteiger partial charge in [0.25, 0.3) is 0 Å². The molecule has 15 nitrogen and oxygen atoms in total. The van der Waals surface area contributed by atoms with Crippen LogP contribution in [0.25, 0.3) is 0 Å². The standard InChI is InChI=1S/C9H7BN9O6/c20-17(21)7-1-4-14(11-7)10(15-5-2-8(12-15)18(22)23)16-6-3-9(13-16)19(24)25/h1-6,10H/q-1. The summed E-state index contributed by atoms with van der Waals surface area (Å²) in [6, 6.07) is 3.36. The Kier molecular flexibility index (Phi) is 3.68. The molecule has 3 aromatic rings. The Hall–Kier alpha value is -4.11. The van der Waals surface area contributed by atoms with Crippen molar-refractivity contribution in [3.8, 4) is 0 Å². The van der Waals surface area contributed by atoms with Crippen LogP contribution in [0.1, 0.15) is 0 Å². The van der Waals surface area contributed by atoms with Gasteiger partial charge in [-0.15, -0.1) is 0 Å². The Balaban J connectivity index is 2.10. The zero-order valence-electron chi connectivity index (χ0n) is 12.1. The van der Waals surface area contributed by atoms with Crippen LogP contribution in [0.15, 0.2) is 36.8 Å². The van der Waals surface area contributed by atoms with Gasteiger partial charge in [0.1, 0.15) is 0 Å². The highest BCUT2D eigenvalue weighted by atomic mass is 16.6. The minimum Gasteiger partial charge on any atom is -0.358 e. The molecule has 3 heterocycles. The van der Waals surface area contributed by atoms with Gasteiger partial charge in [0.05, 0.1) is 18.2 Å². The van der Waals surface area contributed by atoms with E-state index in [0.29, 0.717) is 0 Å². The third kappa shape index (κ3) is 2.90. The summed E-state index contributed by atoms with van der Waals surface area (Å²) in [5, 5.41) is 43.7. The van der Waals surface area contributed by atoms with E-state index in [1.807, 2.05) is 0 Å². The average Bonchev–Trinajstić information content (AvgIpc) is 3.28. The molecule has 3 aromatic heterocycles. The zero-order chi connectivity index (χ0) is 18.1. The maximum Gasteiger partial charge on any atom is 0.390 e. The molecular formula is C9H7BN9O6-. The second-order valence-corrected chi connectivity index (χ2v) is 4.84. The summed E-state index contributed by atoms with van der Waals surface area (Å²) in [7, 11) is -2.18. The molecule has 0 amide bonds. The van der Waals surface area contributed by atoms with Gasteiger partial charge in [-0.1, -0.05) is 0 Å². The molecule has 0 N–H and O–H groups in total. The van der Waals surface area contributed by atoms with Gasteiger partial charge in [0.15, 0.2) is 0 Å². The lowest BCUT2D eigenvalue weighted by Gasteiger charge is -2.16. The van der Waals surface area contributed by atoms with Crippen LogP contribution in [0, 0.1) is 30.3 Å². The van der Waals surface area contributed by atoms with Gasteiger partial charge >= 0.3 is 24.6 Å². The first-order valence-electron chi connectivity index (χ1n) is 6.63. The Bertz CT molecular complexity index is 852. The third-order valence-corrected chi connectivity index (χ3v) is 3.31. The molecule has 0 aliphatic carbocycles. The van der Waals surface area contributed by atoms with E-state index < -0.39 is 39.3 Å². The molecule has 0 radical (unpaired) electrons. The molecule has 3 rings (SSSR count). The topological polar surface area (TPSA) is 183 Å². The maximum absolute atomic E-state index is 10.8. The molecule has 0 saturated heterocycles. The Labute approximate surface area is 136 Å². The maximum atomic E-state index is 10.8. The molecule has 0 saturated carbocycles. The normalized spacial score (nSPS) is 10.9. The highest BCUT2D eigenvalue weighted by Gasteiger charge is 2.26. The van der Waals surface area contributed by atoms with Gasteiger partial charge in [-0.25, -0.2) is 0 Å². The molecule has 0 aliphatic heterocycles. The SMILES string of the molecule is O=[N+]([O-])c1ccn([BH-](n2ccc([N+](=O)[O-])n2)n2ccc([N+](=O)[O-])n2)n1. The number of hydrogen-bond acceptors (Lipinski definition) is 9. The summed E-state index contributed by atoms with van der Waals surface area (Å²) < 4.78 is 3.39. The number of nitrogens with zero attached hydrogens (tertiary/aromatic N) is 9. The lowest BCUT2D eigenvalue weighted by Crippen LogP contribution is -2.42. The van der Waals surface area contributed by atoms with Crippen molar-refractivity contribution in [2.75, 3.05) is 0 Å². The van der Waals surface area contributed by atoms with Crippen LogP contribution < -0.4 is 0 Å². The van der Waals surface area contributed by atoms with Crippen LogP contribution in [-0.4, -0.2) is 51.0 Å². The largest absolute Gasteiger partial charge is 0.390 e. The van der Waals surface area contributed by atoms with Gasteiger partial charge in [0, 0.05) is 33.9 Å². The van der Waals surface area contributed by atoms with Gasteiger partial charge in [-0.05, 0) is 14.8 Å². The van der Waals surface area contributed by atoms with E-state index in [0.717, 1.165) is 32.0 Å². The Morgan fingerprint density at radius 1 is 0.680 bits per heavy atom. The fourth-order valence-corrected chi connectivity index (χ4v) is 2.26. The molecule has 0 bridgehead atoms. The van der Waals surface area contributed by atoms with Gasteiger partial charge < -0.3 is 44.1 Å². The molecule has 25 heavy (non-hydrogen) atoms. The first kappa shape index (κ1) is 15.8. The summed E-state index contributed by atoms with van der Waals surface area (Å²) in [6.07, 6.45) is 3.79. The molecule has 0 spiro atoms. The van der Waals surface area contributed by atoms with Gasteiger partial charge in [-0.3, -0.25) is 0 Å². The number of hydrogen-bond donors (Lipinski definition) is 0. The van der Waals surface area contributed by atoms with Crippen LogP contribution in [0.3, 0.4) is 0 Å². The summed E-state index contributed by atoms with van der Waals surface area (Å²) >= 11 is 0. The molecule has 0 atom stereocenters. The summed E-state index contributed by atoms with van der Waals surface area (Å²) in [5.41, 5.74) is 0. The van der Waals surface area contributed by atoms with Crippen molar-refractivity contribution in [3.05, 3.63) is 67.1 Å². The van der Waals surface area contributed by atoms with Crippen LogP contribution in [0.5, 0.6) is 0 Å². The molecule has 0 fully saturated rings. The monoisotopic (exact) mass is 348 g/mol. The smallest absolute Gasteiger partial charge is 0.358 e. The number of aromatic nitrogens is 6. The van der Waals surface area contributed by atoms with Crippen LogP contribution in [0.2, 0.25) is 0 Å². The number of rotatable bonds is 6. The van der Waals surface area contributed by atoms with E-state index in [9.17, 15) is 30.3 Å². The van der Waals surface area contributed by atoms with E-state index in [1.165, 1.54) is 18.6 Å². The lowest BCUT2D eigenvalue weighted by molar-refractivity contribution is -0.389. The first-order chi connectivity index (χ1) is 11.9. The van der Waals surface area contributed by atoms with Crippen LogP contribution >= 0.6 is 0 Å². The molecule has 0 unspecified atom stereocenters. The molecule has 128 valence electrons. The molecule has 0 aliphatic rings. The Morgan fingerprint density at radius 3 is 1.16 bits per heavy atom. The highest BCUT2D eigenvalue weighted by molar-refractivity contribution is 6.52. The third-order valence-electron chi connectivity index (χ3n) is 3.31. The van der Waals surface area contributed by atoms with Crippen molar-refractivity contribution in [1.29, 1.82) is 0 Å². The van der Waals surface area contributed by atoms with Crippen molar-refractivity contribution in [2.45, 2.75) is 0 Å². The molecule has 16 heteroatoms. The summed E-state index contributed by atoms with van der Waals surface area (Å²) in [5.74, 6) is -1.37. The predicted molar refractivity (Wildman–Crippen MR) is 80.0 cm³/mol. The van der Waals surface area contributed by atoms with Crippen LogP contribution in [-0.2, 0) is 0 Å². The first-order valence-corrected chi connectivity index (χ1v) is 6.63. The van der Waals surface area contributed by atoms with Crippen molar-refractivity contribution in [3.63, 3.8) is 0 Å². The second-order valence-electron chi connectivity index (χ2n) is 4.84. The summed E-state index contributed by atoms with van der Waals surface area (Å²) in [4.78, 5) is 30.3. The minimum atomic E-state index is -2.18. The molecular weight excluding hydrogens is 341 g/mol. The van der Waals surface area contributed by atoms with Crippen LogP contribution in [0.4, 0.5) is 17.5 Å². The van der Waals surface area contributed by atoms with Gasteiger partial charge in [-0.2, -0.15) is 0 Å². The summed E-state index contributed by atoms with van der Waals surface area (Å²) in [6.45, 7) is 0. The second kappa shape index (κ2) is 5.83. The van der Waals surface area contributed by atoms with Crippen molar-refractivity contribution < 1.29 is 14.8 Å². The fraction of sp³-hybridized carbons (Fsp3) is 0. The van der Waals surface area contributed by atoms with E-state index in [-0.39, 0.29) is 0 Å². The predicted octanol–water partition coefficient (Wildman–Crippen LogP) is -0.337. The molecule has 0 aromatic carbocycles. The van der Waals surface area contributed by atoms with Crippen molar-refractivity contribution in [1.82, 2.24) is 29.1 Å². The quantitative estimate of drug-likeness (QED) is 0.326. The Morgan fingerprint density at radius 2 is 0.960 bits per heavy atom. The average molecular weight is 348 g/mol. The fourth-order valence-electron chi connectivity index (χ4n) is 2.26. The van der Waals surface area contributed by atoms with E-state index in [1.54, 1.807) is 0 Å². The van der Waals surface area contributed by atoms with E-state index in [4.69, 9.17) is 0 Å². The van der Waals surface area contributed by atoms with Crippen molar-refractivity contribution in [2.24, 2.45) is 0 Å². The van der Waals surface area contributed by atoms with Crippen molar-refractivity contribution >= 4 is 24.6 Å². The lowest BCUT2D eigenvalue weighted by atomic mass is 9.96. The zero-order valence-corrected chi connectivity index (χ0v) is 12.1. The number of nitro groups is 3. The van der Waals surface area contributed by atoms with Gasteiger partial charge in [0.2, 0.25) is 0 Å².